The molecular weight excluding hydrogens is 364 g/mol. The molecule has 3 rings (SSSR count). The normalized spacial score (nSPS) is 14.6. The number of nitrogens with zero attached hydrogens (tertiary/aromatic N) is 4. The van der Waals surface area contributed by atoms with Crippen LogP contribution in [0, 0.1) is 32.8 Å². The minimum atomic E-state index is -0.753. The third kappa shape index (κ3) is 3.37. The van der Waals surface area contributed by atoms with Crippen LogP contribution in [0.3, 0.4) is 0 Å². The molecule has 0 atom stereocenters. The smallest absolute Gasteiger partial charge is 0.273 e. The number of nitro benzene ring substituents is 1. The maximum Gasteiger partial charge on any atom is 0.273 e. The molecule has 0 N–H and O–H groups in total. The molecule has 1 aliphatic rings. The molecule has 0 radical (unpaired) electrons. The molecule has 0 fully saturated rings. The number of nitriles is 2. The average molecular weight is 384 g/mol. The fourth-order valence-corrected chi connectivity index (χ4v) is 3.93. The average Bonchev–Trinajstić information content (AvgIpc) is 2.77. The van der Waals surface area contributed by atoms with Crippen LogP contribution in [-0.2, 0) is 0 Å². The Hall–Kier alpha value is -3.90. The van der Waals surface area contributed by atoms with Gasteiger partial charge >= 0.3 is 0 Å². The molecule has 0 bridgehead atoms. The van der Waals surface area contributed by atoms with E-state index < -0.39 is 10.8 Å². The van der Waals surface area contributed by atoms with Crippen LogP contribution in [0.4, 0.5) is 11.4 Å². The molecular formula is C23H20N4O2. The second-order valence-electron chi connectivity index (χ2n) is 6.57. The molecule has 0 aliphatic carbocycles. The summed E-state index contributed by atoms with van der Waals surface area (Å²) in [7, 11) is 0. The molecule has 0 saturated heterocycles. The zero-order valence-corrected chi connectivity index (χ0v) is 16.3. The summed E-state index contributed by atoms with van der Waals surface area (Å²) in [4.78, 5) is 13.1. The quantitative estimate of drug-likeness (QED) is 0.496. The highest BCUT2D eigenvalue weighted by molar-refractivity contribution is 5.70. The summed E-state index contributed by atoms with van der Waals surface area (Å²) in [6.45, 7) is 3.90. The van der Waals surface area contributed by atoms with E-state index in [0.29, 0.717) is 29.6 Å². The summed E-state index contributed by atoms with van der Waals surface area (Å²) in [5.74, 6) is -0.753. The molecule has 0 spiro atoms. The van der Waals surface area contributed by atoms with E-state index >= 15 is 0 Å². The van der Waals surface area contributed by atoms with Gasteiger partial charge in [0.1, 0.15) is 0 Å². The van der Waals surface area contributed by atoms with Gasteiger partial charge in [0.25, 0.3) is 5.69 Å². The highest BCUT2D eigenvalue weighted by Gasteiger charge is 2.38. The van der Waals surface area contributed by atoms with Crippen LogP contribution in [-0.4, -0.2) is 4.92 Å². The molecule has 144 valence electrons. The van der Waals surface area contributed by atoms with E-state index in [1.165, 1.54) is 6.07 Å². The van der Waals surface area contributed by atoms with Gasteiger partial charge in [0.15, 0.2) is 0 Å². The zero-order valence-electron chi connectivity index (χ0n) is 16.3. The van der Waals surface area contributed by atoms with Crippen molar-refractivity contribution in [3.05, 3.63) is 92.8 Å². The van der Waals surface area contributed by atoms with Crippen molar-refractivity contribution in [1.29, 1.82) is 10.5 Å². The SMILES string of the molecule is CCC1=C(C#N)C(c2ccccc2[N+](=O)[O-])C(C#N)=C(CC)N1c1ccccc1. The number of hydrogen-bond acceptors (Lipinski definition) is 5. The van der Waals surface area contributed by atoms with Crippen molar-refractivity contribution in [3.8, 4) is 12.1 Å². The molecule has 0 unspecified atom stereocenters. The predicted octanol–water partition coefficient (Wildman–Crippen LogP) is 5.57. The predicted molar refractivity (Wildman–Crippen MR) is 111 cm³/mol. The Balaban J connectivity index is 2.37. The van der Waals surface area contributed by atoms with E-state index in [9.17, 15) is 20.6 Å². The summed E-state index contributed by atoms with van der Waals surface area (Å²) in [5.41, 5.74) is 3.42. The second kappa shape index (κ2) is 8.41. The molecule has 1 aliphatic heterocycles. The van der Waals surface area contributed by atoms with E-state index in [0.717, 1.165) is 17.1 Å². The van der Waals surface area contributed by atoms with Gasteiger partial charge in [-0.15, -0.1) is 0 Å². The highest BCUT2D eigenvalue weighted by atomic mass is 16.6. The number of para-hydroxylation sites is 2. The van der Waals surface area contributed by atoms with E-state index in [2.05, 4.69) is 12.1 Å². The van der Waals surface area contributed by atoms with Crippen molar-refractivity contribution in [2.24, 2.45) is 0 Å². The van der Waals surface area contributed by atoms with Gasteiger partial charge in [-0.25, -0.2) is 0 Å². The maximum atomic E-state index is 11.6. The molecule has 1 heterocycles. The lowest BCUT2D eigenvalue weighted by molar-refractivity contribution is -0.385. The largest absolute Gasteiger partial charge is 0.316 e. The second-order valence-corrected chi connectivity index (χ2v) is 6.57. The van der Waals surface area contributed by atoms with Gasteiger partial charge in [-0.3, -0.25) is 10.1 Å². The van der Waals surface area contributed by atoms with Crippen molar-refractivity contribution in [3.63, 3.8) is 0 Å². The maximum absolute atomic E-state index is 11.6. The van der Waals surface area contributed by atoms with Gasteiger partial charge in [0.2, 0.25) is 0 Å². The monoisotopic (exact) mass is 384 g/mol. The van der Waals surface area contributed by atoms with E-state index in [1.54, 1.807) is 18.2 Å². The molecule has 0 saturated carbocycles. The van der Waals surface area contributed by atoms with Crippen LogP contribution in [0.15, 0.2) is 77.1 Å². The van der Waals surface area contributed by atoms with Crippen LogP contribution >= 0.6 is 0 Å². The van der Waals surface area contributed by atoms with Gasteiger partial charge in [0.05, 0.1) is 34.1 Å². The van der Waals surface area contributed by atoms with Crippen LogP contribution in [0.2, 0.25) is 0 Å². The van der Waals surface area contributed by atoms with Crippen molar-refractivity contribution in [1.82, 2.24) is 0 Å². The first-order valence-electron chi connectivity index (χ1n) is 9.43. The third-order valence-corrected chi connectivity index (χ3v) is 5.11. The van der Waals surface area contributed by atoms with Crippen LogP contribution < -0.4 is 4.90 Å². The lowest BCUT2D eigenvalue weighted by Gasteiger charge is -2.37. The first-order valence-corrected chi connectivity index (χ1v) is 9.43. The highest BCUT2D eigenvalue weighted by Crippen LogP contribution is 2.46. The van der Waals surface area contributed by atoms with Crippen LogP contribution in [0.5, 0.6) is 0 Å². The minimum Gasteiger partial charge on any atom is -0.316 e. The van der Waals surface area contributed by atoms with Crippen molar-refractivity contribution < 1.29 is 4.92 Å². The number of hydrogen-bond donors (Lipinski definition) is 0. The van der Waals surface area contributed by atoms with Gasteiger partial charge in [0, 0.05) is 28.7 Å². The zero-order chi connectivity index (χ0) is 21.0. The molecule has 6 nitrogen and oxygen atoms in total. The lowest BCUT2D eigenvalue weighted by Crippen LogP contribution is -2.31. The molecule has 2 aromatic rings. The Bertz CT molecular complexity index is 1050. The fraction of sp³-hybridized carbons (Fsp3) is 0.217. The number of benzene rings is 2. The Morgan fingerprint density at radius 3 is 1.93 bits per heavy atom. The van der Waals surface area contributed by atoms with Crippen molar-refractivity contribution >= 4 is 11.4 Å². The van der Waals surface area contributed by atoms with Gasteiger partial charge in [-0.1, -0.05) is 50.2 Å². The summed E-state index contributed by atoms with van der Waals surface area (Å²) >= 11 is 0. The van der Waals surface area contributed by atoms with Gasteiger partial charge in [-0.05, 0) is 25.0 Å². The summed E-state index contributed by atoms with van der Waals surface area (Å²) in [5, 5.41) is 31.7. The molecule has 29 heavy (non-hydrogen) atoms. The van der Waals surface area contributed by atoms with Crippen LogP contribution in [0.1, 0.15) is 38.2 Å². The van der Waals surface area contributed by atoms with Crippen molar-refractivity contribution in [2.75, 3.05) is 4.90 Å². The Morgan fingerprint density at radius 2 is 1.45 bits per heavy atom. The van der Waals surface area contributed by atoms with Crippen molar-refractivity contribution in [2.45, 2.75) is 32.6 Å². The minimum absolute atomic E-state index is 0.0860. The van der Waals surface area contributed by atoms with E-state index in [-0.39, 0.29) is 5.69 Å². The Kier molecular flexibility index (Phi) is 5.76. The summed E-state index contributed by atoms with van der Waals surface area (Å²) < 4.78 is 0. The molecule has 2 aromatic carbocycles. The standard InChI is InChI=1S/C23H20N4O2/c1-3-20-18(14-24)23(17-12-8-9-13-22(17)27(28)29)19(15-25)21(4-2)26(20)16-10-6-5-7-11-16/h5-13,23H,3-4H2,1-2H3. The Labute approximate surface area is 169 Å². The van der Waals surface area contributed by atoms with E-state index in [4.69, 9.17) is 0 Å². The summed E-state index contributed by atoms with van der Waals surface area (Å²) in [6, 6.07) is 20.4. The topological polar surface area (TPSA) is 94.0 Å². The number of anilines is 1. The van der Waals surface area contributed by atoms with Gasteiger partial charge in [-0.2, -0.15) is 10.5 Å². The first kappa shape index (κ1) is 19.9. The molecule has 0 aromatic heterocycles. The Morgan fingerprint density at radius 1 is 0.931 bits per heavy atom. The third-order valence-electron chi connectivity index (χ3n) is 5.11. The summed E-state index contributed by atoms with van der Waals surface area (Å²) in [6.07, 6.45) is 1.11. The first-order chi connectivity index (χ1) is 14.1. The van der Waals surface area contributed by atoms with Gasteiger partial charge < -0.3 is 4.90 Å². The fourth-order valence-electron chi connectivity index (χ4n) is 3.93. The molecule has 0 amide bonds. The number of allylic oxidation sites excluding steroid dienone is 4. The van der Waals surface area contributed by atoms with Crippen LogP contribution in [0.25, 0.3) is 0 Å². The number of rotatable bonds is 5. The molecule has 6 heteroatoms. The van der Waals surface area contributed by atoms with E-state index in [1.807, 2.05) is 49.1 Å². The number of nitro groups is 1. The lowest BCUT2D eigenvalue weighted by atomic mass is 9.79.